The van der Waals surface area contributed by atoms with E-state index in [2.05, 4.69) is 18.3 Å². The normalized spacial score (nSPS) is 24.9. The van der Waals surface area contributed by atoms with Crippen LogP contribution in [0.5, 0.6) is 5.75 Å². The number of hydrogen-bond donors (Lipinski definition) is 2. The molecule has 17 heavy (non-hydrogen) atoms. The van der Waals surface area contributed by atoms with Crippen LogP contribution in [0.4, 0.5) is 0 Å². The Balaban J connectivity index is 2.10. The summed E-state index contributed by atoms with van der Waals surface area (Å²) in [7, 11) is 0. The van der Waals surface area contributed by atoms with Crippen LogP contribution in [0.25, 0.3) is 0 Å². The third kappa shape index (κ3) is 2.79. The number of aliphatic hydroxyl groups is 1. The molecule has 1 aromatic rings. The number of aliphatic hydroxyl groups excluding tert-OH is 1. The van der Waals surface area contributed by atoms with E-state index >= 15 is 0 Å². The summed E-state index contributed by atoms with van der Waals surface area (Å²) < 4.78 is 5.70. The fourth-order valence-corrected chi connectivity index (χ4v) is 2.21. The highest BCUT2D eigenvalue weighted by Gasteiger charge is 2.27. The van der Waals surface area contributed by atoms with Crippen LogP contribution in [0.15, 0.2) is 24.3 Å². The molecule has 94 valence electrons. The van der Waals surface area contributed by atoms with E-state index in [4.69, 9.17) is 4.74 Å². The maximum Gasteiger partial charge on any atom is 0.124 e. The van der Waals surface area contributed by atoms with Crippen LogP contribution in [0.3, 0.4) is 0 Å². The van der Waals surface area contributed by atoms with Gasteiger partial charge in [0, 0.05) is 24.1 Å². The lowest BCUT2D eigenvalue weighted by Gasteiger charge is -2.32. The molecular weight excluding hydrogens is 214 g/mol. The van der Waals surface area contributed by atoms with Crippen LogP contribution in [0.2, 0.25) is 0 Å². The number of para-hydroxylation sites is 1. The van der Waals surface area contributed by atoms with Crippen molar-refractivity contribution in [2.24, 2.45) is 5.92 Å². The molecule has 3 heteroatoms. The Kier molecular flexibility index (Phi) is 4.02. The molecule has 0 saturated heterocycles. The Morgan fingerprint density at radius 1 is 1.47 bits per heavy atom. The monoisotopic (exact) mass is 235 g/mol. The van der Waals surface area contributed by atoms with Gasteiger partial charge in [0.2, 0.25) is 0 Å². The molecule has 3 atom stereocenters. The summed E-state index contributed by atoms with van der Waals surface area (Å²) in [6, 6.07) is 8.41. The quantitative estimate of drug-likeness (QED) is 0.840. The molecule has 2 rings (SSSR count). The standard InChI is InChI=1S/C14H21NO2/c1-3-11(16)8-15-14-10(2)9-17-13-7-5-4-6-12(13)14/h4-7,10-11,14-16H,3,8-9H2,1-2H3. The van der Waals surface area contributed by atoms with E-state index in [0.717, 1.165) is 18.8 Å². The van der Waals surface area contributed by atoms with E-state index in [1.54, 1.807) is 0 Å². The number of fused-ring (bicyclic) bond motifs is 1. The van der Waals surface area contributed by atoms with Crippen molar-refractivity contribution in [3.8, 4) is 5.75 Å². The predicted molar refractivity (Wildman–Crippen MR) is 68.1 cm³/mol. The Morgan fingerprint density at radius 2 is 2.24 bits per heavy atom. The van der Waals surface area contributed by atoms with Gasteiger partial charge < -0.3 is 15.2 Å². The summed E-state index contributed by atoms with van der Waals surface area (Å²) in [5.74, 6) is 1.39. The summed E-state index contributed by atoms with van der Waals surface area (Å²) >= 11 is 0. The minimum absolute atomic E-state index is 0.266. The molecule has 0 bridgehead atoms. The van der Waals surface area contributed by atoms with Crippen molar-refractivity contribution < 1.29 is 9.84 Å². The van der Waals surface area contributed by atoms with Gasteiger partial charge in [0.25, 0.3) is 0 Å². The summed E-state index contributed by atoms with van der Waals surface area (Å²) in [6.45, 7) is 5.54. The first-order valence-electron chi connectivity index (χ1n) is 6.35. The third-order valence-corrected chi connectivity index (χ3v) is 3.37. The van der Waals surface area contributed by atoms with Gasteiger partial charge in [0.15, 0.2) is 0 Å². The summed E-state index contributed by atoms with van der Waals surface area (Å²) in [5.41, 5.74) is 1.20. The lowest BCUT2D eigenvalue weighted by molar-refractivity contribution is 0.141. The summed E-state index contributed by atoms with van der Waals surface area (Å²) in [4.78, 5) is 0. The number of benzene rings is 1. The Bertz CT molecular complexity index is 367. The zero-order valence-electron chi connectivity index (χ0n) is 10.5. The van der Waals surface area contributed by atoms with Crippen LogP contribution in [0.1, 0.15) is 31.9 Å². The first-order chi connectivity index (χ1) is 8.22. The van der Waals surface area contributed by atoms with Gasteiger partial charge in [0.05, 0.1) is 12.7 Å². The van der Waals surface area contributed by atoms with Gasteiger partial charge in [-0.05, 0) is 12.5 Å². The molecule has 0 saturated carbocycles. The van der Waals surface area contributed by atoms with Crippen molar-refractivity contribution in [3.05, 3.63) is 29.8 Å². The Labute approximate surface area is 103 Å². The SMILES string of the molecule is CCC(O)CNC1c2ccccc2OCC1C. The van der Waals surface area contributed by atoms with E-state index in [1.807, 2.05) is 25.1 Å². The zero-order valence-corrected chi connectivity index (χ0v) is 10.5. The molecule has 0 fully saturated rings. The van der Waals surface area contributed by atoms with E-state index in [-0.39, 0.29) is 12.1 Å². The van der Waals surface area contributed by atoms with Gasteiger partial charge in [-0.15, -0.1) is 0 Å². The predicted octanol–water partition coefficient (Wildman–Crippen LogP) is 2.12. The maximum atomic E-state index is 9.63. The van der Waals surface area contributed by atoms with Crippen LogP contribution in [-0.2, 0) is 0 Å². The van der Waals surface area contributed by atoms with Crippen molar-refractivity contribution in [2.75, 3.05) is 13.2 Å². The van der Waals surface area contributed by atoms with Crippen molar-refractivity contribution in [2.45, 2.75) is 32.4 Å². The van der Waals surface area contributed by atoms with E-state index in [9.17, 15) is 5.11 Å². The van der Waals surface area contributed by atoms with Crippen LogP contribution >= 0.6 is 0 Å². The molecule has 0 amide bonds. The Hall–Kier alpha value is -1.06. The van der Waals surface area contributed by atoms with Crippen LogP contribution in [-0.4, -0.2) is 24.4 Å². The van der Waals surface area contributed by atoms with E-state index < -0.39 is 0 Å². The summed E-state index contributed by atoms with van der Waals surface area (Å²) in [5, 5.41) is 13.1. The van der Waals surface area contributed by atoms with Crippen molar-refractivity contribution in [1.82, 2.24) is 5.32 Å². The number of nitrogens with one attached hydrogen (secondary N) is 1. The second kappa shape index (κ2) is 5.52. The molecule has 3 nitrogen and oxygen atoms in total. The largest absolute Gasteiger partial charge is 0.493 e. The summed E-state index contributed by atoms with van der Waals surface area (Å²) in [6.07, 6.45) is 0.518. The van der Waals surface area contributed by atoms with Gasteiger partial charge in [-0.2, -0.15) is 0 Å². The van der Waals surface area contributed by atoms with Gasteiger partial charge in [-0.25, -0.2) is 0 Å². The van der Waals surface area contributed by atoms with Gasteiger partial charge in [-0.3, -0.25) is 0 Å². The fraction of sp³-hybridized carbons (Fsp3) is 0.571. The van der Waals surface area contributed by atoms with Gasteiger partial charge in [-0.1, -0.05) is 32.0 Å². The van der Waals surface area contributed by atoms with Crippen LogP contribution < -0.4 is 10.1 Å². The number of hydrogen-bond acceptors (Lipinski definition) is 3. The van der Waals surface area contributed by atoms with Gasteiger partial charge in [0.1, 0.15) is 5.75 Å². The average molecular weight is 235 g/mol. The molecule has 0 spiro atoms. The molecule has 1 aromatic carbocycles. The molecule has 1 heterocycles. The maximum absolute atomic E-state index is 9.63. The first-order valence-corrected chi connectivity index (χ1v) is 6.35. The lowest BCUT2D eigenvalue weighted by Crippen LogP contribution is -2.37. The van der Waals surface area contributed by atoms with Crippen LogP contribution in [0, 0.1) is 5.92 Å². The average Bonchev–Trinajstić information content (AvgIpc) is 2.37. The highest BCUT2D eigenvalue weighted by Crippen LogP contribution is 2.34. The minimum Gasteiger partial charge on any atom is -0.493 e. The first kappa shape index (κ1) is 12.4. The number of ether oxygens (including phenoxy) is 1. The fourth-order valence-electron chi connectivity index (χ4n) is 2.21. The highest BCUT2D eigenvalue weighted by molar-refractivity contribution is 5.37. The highest BCUT2D eigenvalue weighted by atomic mass is 16.5. The molecule has 3 unspecified atom stereocenters. The van der Waals surface area contributed by atoms with Gasteiger partial charge >= 0.3 is 0 Å². The smallest absolute Gasteiger partial charge is 0.124 e. The zero-order chi connectivity index (χ0) is 12.3. The lowest BCUT2D eigenvalue weighted by atomic mass is 9.92. The van der Waals surface area contributed by atoms with Crippen molar-refractivity contribution >= 4 is 0 Å². The third-order valence-electron chi connectivity index (χ3n) is 3.37. The van der Waals surface area contributed by atoms with Crippen molar-refractivity contribution in [1.29, 1.82) is 0 Å². The molecule has 0 aromatic heterocycles. The molecule has 2 N–H and O–H groups in total. The molecular formula is C14H21NO2. The van der Waals surface area contributed by atoms with Crippen molar-refractivity contribution in [3.63, 3.8) is 0 Å². The molecule has 0 radical (unpaired) electrons. The Morgan fingerprint density at radius 3 is 3.00 bits per heavy atom. The minimum atomic E-state index is -0.266. The van der Waals surface area contributed by atoms with E-state index in [1.165, 1.54) is 5.56 Å². The van der Waals surface area contributed by atoms with E-state index in [0.29, 0.717) is 12.5 Å². The molecule has 1 aliphatic heterocycles. The second-order valence-electron chi connectivity index (χ2n) is 4.77. The number of rotatable bonds is 4. The second-order valence-corrected chi connectivity index (χ2v) is 4.77. The molecule has 1 aliphatic rings. The molecule has 0 aliphatic carbocycles. The topological polar surface area (TPSA) is 41.5 Å².